The number of fused-ring (bicyclic) bond motifs is 1. The summed E-state index contributed by atoms with van der Waals surface area (Å²) in [7, 11) is 1.72. The van der Waals surface area contributed by atoms with E-state index in [0.717, 1.165) is 31.6 Å². The van der Waals surface area contributed by atoms with Crippen LogP contribution in [0.15, 0.2) is 42.9 Å². The molecule has 2 aromatic heterocycles. The van der Waals surface area contributed by atoms with Gasteiger partial charge in [0.2, 0.25) is 11.9 Å². The fourth-order valence-electron chi connectivity index (χ4n) is 3.27. The molecule has 1 aliphatic heterocycles. The number of methoxy groups -OCH3 is 1. The van der Waals surface area contributed by atoms with Gasteiger partial charge in [0.05, 0.1) is 12.3 Å². The molecule has 7 nitrogen and oxygen atoms in total. The largest absolute Gasteiger partial charge is 0.383 e. The number of hydrogen-bond acceptors (Lipinski definition) is 6. The van der Waals surface area contributed by atoms with Gasteiger partial charge in [0.15, 0.2) is 0 Å². The standard InChI is InChI=1S/C19H21FN6O/c1-27-10-9-25-8-2-3-14-4-5-15(11-17(14)25)23-19-22-13-26(24-19)16-6-7-21-18(20)12-16/h4-7,11-13H,2-3,8-10H2,1H3,(H,23,24). The van der Waals surface area contributed by atoms with E-state index < -0.39 is 5.95 Å². The minimum atomic E-state index is -0.552. The third-order valence-corrected chi connectivity index (χ3v) is 4.59. The molecule has 0 radical (unpaired) electrons. The van der Waals surface area contributed by atoms with Crippen molar-refractivity contribution < 1.29 is 9.13 Å². The van der Waals surface area contributed by atoms with Crippen LogP contribution in [-0.4, -0.2) is 46.6 Å². The Morgan fingerprint density at radius 2 is 2.15 bits per heavy atom. The van der Waals surface area contributed by atoms with Gasteiger partial charge >= 0.3 is 0 Å². The Kier molecular flexibility index (Phi) is 4.97. The topological polar surface area (TPSA) is 68.1 Å². The van der Waals surface area contributed by atoms with E-state index in [0.29, 0.717) is 18.2 Å². The molecule has 27 heavy (non-hydrogen) atoms. The second-order valence-electron chi connectivity index (χ2n) is 6.40. The Morgan fingerprint density at radius 1 is 1.22 bits per heavy atom. The second kappa shape index (κ2) is 7.71. The Balaban J connectivity index is 1.53. The van der Waals surface area contributed by atoms with Crippen LogP contribution in [-0.2, 0) is 11.2 Å². The van der Waals surface area contributed by atoms with Crippen molar-refractivity contribution in [2.24, 2.45) is 0 Å². The number of benzene rings is 1. The fraction of sp³-hybridized carbons (Fsp3) is 0.316. The first-order valence-corrected chi connectivity index (χ1v) is 8.90. The van der Waals surface area contributed by atoms with E-state index in [-0.39, 0.29) is 0 Å². The summed E-state index contributed by atoms with van der Waals surface area (Å²) in [6.45, 7) is 2.60. The number of aryl methyl sites for hydroxylation is 1. The lowest BCUT2D eigenvalue weighted by molar-refractivity contribution is 0.205. The van der Waals surface area contributed by atoms with Crippen LogP contribution in [0.3, 0.4) is 0 Å². The number of pyridine rings is 1. The smallest absolute Gasteiger partial charge is 0.246 e. The van der Waals surface area contributed by atoms with Crippen LogP contribution in [0.25, 0.3) is 5.69 Å². The van der Waals surface area contributed by atoms with E-state index in [1.807, 2.05) is 6.07 Å². The molecule has 0 saturated heterocycles. The normalized spacial score (nSPS) is 13.5. The predicted molar refractivity (Wildman–Crippen MR) is 101 cm³/mol. The fourth-order valence-corrected chi connectivity index (χ4v) is 3.27. The van der Waals surface area contributed by atoms with E-state index in [1.54, 1.807) is 19.5 Å². The van der Waals surface area contributed by atoms with Gasteiger partial charge in [-0.2, -0.15) is 9.37 Å². The maximum Gasteiger partial charge on any atom is 0.246 e. The highest BCUT2D eigenvalue weighted by atomic mass is 19.1. The van der Waals surface area contributed by atoms with Crippen LogP contribution >= 0.6 is 0 Å². The summed E-state index contributed by atoms with van der Waals surface area (Å²) in [5.41, 5.74) is 4.04. The average molecular weight is 368 g/mol. The highest BCUT2D eigenvalue weighted by Gasteiger charge is 2.17. The zero-order valence-electron chi connectivity index (χ0n) is 15.1. The maximum absolute atomic E-state index is 13.3. The van der Waals surface area contributed by atoms with Gasteiger partial charge in [0, 0.05) is 43.8 Å². The van der Waals surface area contributed by atoms with E-state index in [4.69, 9.17) is 4.74 Å². The van der Waals surface area contributed by atoms with Crippen molar-refractivity contribution in [1.29, 1.82) is 0 Å². The van der Waals surface area contributed by atoms with Gasteiger partial charge in [0.25, 0.3) is 0 Å². The molecule has 0 spiro atoms. The molecular formula is C19H21FN6O. The van der Waals surface area contributed by atoms with E-state index in [1.165, 1.54) is 28.2 Å². The number of anilines is 3. The Labute approximate surface area is 156 Å². The van der Waals surface area contributed by atoms with Crippen molar-refractivity contribution in [2.45, 2.75) is 12.8 Å². The first-order chi connectivity index (χ1) is 13.2. The van der Waals surface area contributed by atoms with Gasteiger partial charge in [-0.25, -0.2) is 9.67 Å². The van der Waals surface area contributed by atoms with Gasteiger partial charge in [-0.3, -0.25) is 0 Å². The lowest BCUT2D eigenvalue weighted by Crippen LogP contribution is -2.32. The van der Waals surface area contributed by atoms with Crippen LogP contribution < -0.4 is 10.2 Å². The molecule has 4 rings (SSSR count). The number of rotatable bonds is 6. The minimum Gasteiger partial charge on any atom is -0.383 e. The number of ether oxygens (including phenoxy) is 1. The summed E-state index contributed by atoms with van der Waals surface area (Å²) in [5.74, 6) is -0.102. The molecule has 1 aromatic carbocycles. The van der Waals surface area contributed by atoms with Crippen molar-refractivity contribution in [1.82, 2.24) is 19.7 Å². The molecule has 1 aliphatic rings. The Hall–Kier alpha value is -3.00. The van der Waals surface area contributed by atoms with Gasteiger partial charge in [-0.05, 0) is 36.6 Å². The Morgan fingerprint density at radius 3 is 3.00 bits per heavy atom. The molecule has 0 fully saturated rings. The van der Waals surface area contributed by atoms with E-state index in [2.05, 4.69) is 37.4 Å². The van der Waals surface area contributed by atoms with Crippen LogP contribution in [0.2, 0.25) is 0 Å². The summed E-state index contributed by atoms with van der Waals surface area (Å²) in [5, 5.41) is 7.59. The zero-order valence-corrected chi connectivity index (χ0v) is 15.1. The molecule has 0 atom stereocenters. The second-order valence-corrected chi connectivity index (χ2v) is 6.40. The molecule has 3 heterocycles. The number of hydrogen-bond donors (Lipinski definition) is 1. The van der Waals surface area contributed by atoms with Crippen LogP contribution in [0.1, 0.15) is 12.0 Å². The number of halogens is 1. The zero-order chi connectivity index (χ0) is 18.6. The highest BCUT2D eigenvalue weighted by molar-refractivity contribution is 5.66. The van der Waals surface area contributed by atoms with Crippen molar-refractivity contribution in [3.8, 4) is 5.69 Å². The quantitative estimate of drug-likeness (QED) is 0.675. The molecule has 8 heteroatoms. The summed E-state index contributed by atoms with van der Waals surface area (Å²) in [4.78, 5) is 10.2. The molecule has 1 N–H and O–H groups in total. The number of nitrogens with zero attached hydrogens (tertiary/aromatic N) is 5. The van der Waals surface area contributed by atoms with Crippen LogP contribution in [0.5, 0.6) is 0 Å². The maximum atomic E-state index is 13.3. The number of aromatic nitrogens is 4. The first kappa shape index (κ1) is 17.4. The average Bonchev–Trinajstić information content (AvgIpc) is 3.15. The van der Waals surface area contributed by atoms with Crippen LogP contribution in [0, 0.1) is 5.95 Å². The van der Waals surface area contributed by atoms with Crippen molar-refractivity contribution in [3.63, 3.8) is 0 Å². The molecule has 140 valence electrons. The third-order valence-electron chi connectivity index (χ3n) is 4.59. The molecule has 0 amide bonds. The SMILES string of the molecule is COCCN1CCCc2ccc(Nc3ncn(-c4ccnc(F)c4)n3)cc21. The summed E-state index contributed by atoms with van der Waals surface area (Å²) in [6, 6.07) is 9.29. The van der Waals surface area contributed by atoms with Gasteiger partial charge in [-0.15, -0.1) is 5.10 Å². The van der Waals surface area contributed by atoms with E-state index in [9.17, 15) is 4.39 Å². The van der Waals surface area contributed by atoms with Gasteiger partial charge < -0.3 is 15.0 Å². The van der Waals surface area contributed by atoms with Gasteiger partial charge in [-0.1, -0.05) is 6.07 Å². The van der Waals surface area contributed by atoms with Crippen LogP contribution in [0.4, 0.5) is 21.7 Å². The lowest BCUT2D eigenvalue weighted by Gasteiger charge is -2.31. The molecule has 0 saturated carbocycles. The molecule has 0 aliphatic carbocycles. The summed E-state index contributed by atoms with van der Waals surface area (Å²) < 4.78 is 20.0. The highest BCUT2D eigenvalue weighted by Crippen LogP contribution is 2.30. The molecule has 0 bridgehead atoms. The van der Waals surface area contributed by atoms with Crippen molar-refractivity contribution >= 4 is 17.3 Å². The van der Waals surface area contributed by atoms with Crippen molar-refractivity contribution in [2.75, 3.05) is 37.0 Å². The summed E-state index contributed by atoms with van der Waals surface area (Å²) >= 11 is 0. The number of nitrogens with one attached hydrogen (secondary N) is 1. The first-order valence-electron chi connectivity index (χ1n) is 8.90. The van der Waals surface area contributed by atoms with E-state index >= 15 is 0 Å². The summed E-state index contributed by atoms with van der Waals surface area (Å²) in [6.07, 6.45) is 5.18. The predicted octanol–water partition coefficient (Wildman–Crippen LogP) is 2.94. The van der Waals surface area contributed by atoms with Gasteiger partial charge in [0.1, 0.15) is 6.33 Å². The molecular weight excluding hydrogens is 347 g/mol. The monoisotopic (exact) mass is 368 g/mol. The Bertz CT molecular complexity index is 928. The third kappa shape index (κ3) is 3.90. The minimum absolute atomic E-state index is 0.450. The molecule has 0 unspecified atom stereocenters. The lowest BCUT2D eigenvalue weighted by atomic mass is 10.0. The molecule has 3 aromatic rings. The van der Waals surface area contributed by atoms with Crippen molar-refractivity contribution in [3.05, 3.63) is 54.4 Å².